The van der Waals surface area contributed by atoms with Crippen LogP contribution in [0, 0.1) is 6.92 Å². The molecule has 100 valence electrons. The third-order valence-corrected chi connectivity index (χ3v) is 3.52. The van der Waals surface area contributed by atoms with E-state index in [1.807, 2.05) is 24.4 Å². The van der Waals surface area contributed by atoms with Crippen molar-refractivity contribution in [2.45, 2.75) is 20.0 Å². The summed E-state index contributed by atoms with van der Waals surface area (Å²) in [6, 6.07) is 10.3. The number of nitrogens with zero attached hydrogens (tertiary/aromatic N) is 2. The predicted molar refractivity (Wildman–Crippen MR) is 80.3 cm³/mol. The molecule has 0 unspecified atom stereocenters. The first-order valence-electron chi connectivity index (χ1n) is 6.17. The van der Waals surface area contributed by atoms with Crippen LogP contribution in [0.1, 0.15) is 15.4 Å². The van der Waals surface area contributed by atoms with Crippen LogP contribution in [0.4, 0.5) is 0 Å². The van der Waals surface area contributed by atoms with Gasteiger partial charge in [-0.2, -0.15) is 0 Å². The Labute approximate surface area is 117 Å². The summed E-state index contributed by atoms with van der Waals surface area (Å²) >= 11 is 1.70. The Balaban J connectivity index is 1.81. The third-order valence-electron chi connectivity index (χ3n) is 2.60. The van der Waals surface area contributed by atoms with Gasteiger partial charge in [0.15, 0.2) is 5.96 Å². The van der Waals surface area contributed by atoms with Crippen molar-refractivity contribution in [3.8, 4) is 0 Å². The van der Waals surface area contributed by atoms with E-state index in [0.29, 0.717) is 6.54 Å². The lowest BCUT2D eigenvalue weighted by Gasteiger charge is -2.10. The summed E-state index contributed by atoms with van der Waals surface area (Å²) in [6.07, 6.45) is 1.89. The Morgan fingerprint density at radius 1 is 1.21 bits per heavy atom. The van der Waals surface area contributed by atoms with Crippen molar-refractivity contribution in [3.05, 3.63) is 52.0 Å². The second-order valence-corrected chi connectivity index (χ2v) is 5.45. The Kier molecular flexibility index (Phi) is 4.92. The normalized spacial score (nSPS) is 11.4. The lowest BCUT2D eigenvalue weighted by atomic mass is 10.2. The molecule has 5 heteroatoms. The van der Waals surface area contributed by atoms with Gasteiger partial charge in [0.2, 0.25) is 0 Å². The number of benzene rings is 1. The minimum absolute atomic E-state index is 0.701. The molecule has 0 radical (unpaired) electrons. The average Bonchev–Trinajstić information content (AvgIpc) is 2.86. The van der Waals surface area contributed by atoms with Gasteiger partial charge >= 0.3 is 0 Å². The molecule has 0 spiro atoms. The quantitative estimate of drug-likeness (QED) is 0.664. The van der Waals surface area contributed by atoms with Gasteiger partial charge in [0.1, 0.15) is 5.01 Å². The van der Waals surface area contributed by atoms with Crippen molar-refractivity contribution in [3.63, 3.8) is 0 Å². The minimum Gasteiger partial charge on any atom is -0.352 e. The smallest absolute Gasteiger partial charge is 0.191 e. The van der Waals surface area contributed by atoms with E-state index in [9.17, 15) is 0 Å². The molecule has 4 nitrogen and oxygen atoms in total. The number of aliphatic imine (C=N–C) groups is 1. The highest BCUT2D eigenvalue weighted by molar-refractivity contribution is 7.11. The van der Waals surface area contributed by atoms with Crippen LogP contribution in [0.25, 0.3) is 0 Å². The molecule has 2 rings (SSSR count). The Morgan fingerprint density at radius 3 is 2.58 bits per heavy atom. The summed E-state index contributed by atoms with van der Waals surface area (Å²) in [7, 11) is 1.77. The molecule has 2 N–H and O–H groups in total. The van der Waals surface area contributed by atoms with Crippen molar-refractivity contribution < 1.29 is 0 Å². The maximum atomic E-state index is 4.31. The van der Waals surface area contributed by atoms with Gasteiger partial charge in [0, 0.05) is 24.7 Å². The second-order valence-electron chi connectivity index (χ2n) is 4.13. The highest BCUT2D eigenvalue weighted by Gasteiger charge is 2.01. The Hall–Kier alpha value is -1.88. The first-order chi connectivity index (χ1) is 9.28. The number of hydrogen-bond acceptors (Lipinski definition) is 3. The number of aromatic nitrogens is 1. The molecule has 0 saturated carbocycles. The van der Waals surface area contributed by atoms with Crippen LogP contribution in [-0.2, 0) is 13.1 Å². The van der Waals surface area contributed by atoms with E-state index in [4.69, 9.17) is 0 Å². The maximum Gasteiger partial charge on any atom is 0.191 e. The standard InChI is InChI=1S/C14H18N4S/c1-11-8-16-13(19-11)10-18-14(15-2)17-9-12-6-4-3-5-7-12/h3-8H,9-10H2,1-2H3,(H2,15,17,18). The van der Waals surface area contributed by atoms with Crippen molar-refractivity contribution in [2.24, 2.45) is 4.99 Å². The molecular formula is C14H18N4S. The fraction of sp³-hybridized carbons (Fsp3) is 0.286. The van der Waals surface area contributed by atoms with Gasteiger partial charge in [-0.25, -0.2) is 4.98 Å². The molecule has 19 heavy (non-hydrogen) atoms. The molecule has 0 atom stereocenters. The summed E-state index contributed by atoms with van der Waals surface area (Å²) in [6.45, 7) is 3.52. The van der Waals surface area contributed by atoms with Gasteiger partial charge in [-0.15, -0.1) is 11.3 Å². The van der Waals surface area contributed by atoms with Gasteiger partial charge in [-0.1, -0.05) is 30.3 Å². The zero-order chi connectivity index (χ0) is 13.5. The van der Waals surface area contributed by atoms with Crippen LogP contribution < -0.4 is 10.6 Å². The summed E-state index contributed by atoms with van der Waals surface area (Å²) < 4.78 is 0. The molecule has 0 aliphatic heterocycles. The largest absolute Gasteiger partial charge is 0.352 e. The summed E-state index contributed by atoms with van der Waals surface area (Å²) in [5.41, 5.74) is 1.23. The number of thiazole rings is 1. The molecule has 0 fully saturated rings. The highest BCUT2D eigenvalue weighted by Crippen LogP contribution is 2.10. The maximum absolute atomic E-state index is 4.31. The fourth-order valence-corrected chi connectivity index (χ4v) is 2.37. The second kappa shape index (κ2) is 6.89. The van der Waals surface area contributed by atoms with E-state index in [-0.39, 0.29) is 0 Å². The lowest BCUT2D eigenvalue weighted by molar-refractivity contribution is 0.805. The molecule has 0 aliphatic carbocycles. The Bertz CT molecular complexity index is 533. The highest BCUT2D eigenvalue weighted by atomic mass is 32.1. The van der Waals surface area contributed by atoms with Gasteiger partial charge < -0.3 is 10.6 Å². The summed E-state index contributed by atoms with van der Waals surface area (Å²) in [5, 5.41) is 7.60. The van der Waals surface area contributed by atoms with Gasteiger partial charge in [0.05, 0.1) is 6.54 Å². The monoisotopic (exact) mass is 274 g/mol. The molecule has 2 aromatic rings. The van der Waals surface area contributed by atoms with Crippen molar-refractivity contribution in [1.82, 2.24) is 15.6 Å². The van der Waals surface area contributed by atoms with Crippen LogP contribution >= 0.6 is 11.3 Å². The van der Waals surface area contributed by atoms with Crippen LogP contribution in [0.2, 0.25) is 0 Å². The molecule has 0 saturated heterocycles. The molecule has 1 heterocycles. The minimum atomic E-state index is 0.701. The number of aryl methyl sites for hydroxylation is 1. The van der Waals surface area contributed by atoms with E-state index < -0.39 is 0 Å². The third kappa shape index (κ3) is 4.37. The van der Waals surface area contributed by atoms with Crippen LogP contribution in [0.3, 0.4) is 0 Å². The van der Waals surface area contributed by atoms with E-state index >= 15 is 0 Å². The first kappa shape index (κ1) is 13.5. The van der Waals surface area contributed by atoms with Crippen molar-refractivity contribution >= 4 is 17.3 Å². The zero-order valence-corrected chi connectivity index (χ0v) is 12.0. The van der Waals surface area contributed by atoms with Gasteiger partial charge in [0.25, 0.3) is 0 Å². The molecule has 0 bridgehead atoms. The van der Waals surface area contributed by atoms with Crippen LogP contribution in [-0.4, -0.2) is 18.0 Å². The average molecular weight is 274 g/mol. The van der Waals surface area contributed by atoms with E-state index in [0.717, 1.165) is 17.5 Å². The number of hydrogen-bond donors (Lipinski definition) is 2. The van der Waals surface area contributed by atoms with Crippen LogP contribution in [0.5, 0.6) is 0 Å². The number of nitrogens with one attached hydrogen (secondary N) is 2. The van der Waals surface area contributed by atoms with E-state index in [2.05, 4.69) is 39.7 Å². The zero-order valence-electron chi connectivity index (χ0n) is 11.2. The molecule has 0 aliphatic rings. The molecule has 0 amide bonds. The molecule has 1 aromatic carbocycles. The lowest BCUT2D eigenvalue weighted by Crippen LogP contribution is -2.36. The van der Waals surface area contributed by atoms with Crippen molar-refractivity contribution in [2.75, 3.05) is 7.05 Å². The van der Waals surface area contributed by atoms with Crippen molar-refractivity contribution in [1.29, 1.82) is 0 Å². The summed E-state index contributed by atoms with van der Waals surface area (Å²) in [4.78, 5) is 9.74. The summed E-state index contributed by atoms with van der Waals surface area (Å²) in [5.74, 6) is 0.789. The molecular weight excluding hydrogens is 256 g/mol. The van der Waals surface area contributed by atoms with E-state index in [1.54, 1.807) is 18.4 Å². The van der Waals surface area contributed by atoms with E-state index in [1.165, 1.54) is 10.4 Å². The molecule has 1 aromatic heterocycles. The topological polar surface area (TPSA) is 49.3 Å². The predicted octanol–water partition coefficient (Wildman–Crippen LogP) is 2.32. The SMILES string of the molecule is CN=C(NCc1ccccc1)NCc1ncc(C)s1. The number of rotatable bonds is 4. The van der Waals surface area contributed by atoms with Crippen LogP contribution in [0.15, 0.2) is 41.5 Å². The van der Waals surface area contributed by atoms with Gasteiger partial charge in [-0.3, -0.25) is 4.99 Å². The Morgan fingerprint density at radius 2 is 1.95 bits per heavy atom. The fourth-order valence-electron chi connectivity index (χ4n) is 1.64. The van der Waals surface area contributed by atoms with Gasteiger partial charge in [-0.05, 0) is 12.5 Å². The number of guanidine groups is 1. The first-order valence-corrected chi connectivity index (χ1v) is 6.99.